The van der Waals surface area contributed by atoms with Crippen molar-refractivity contribution in [2.24, 2.45) is 11.7 Å². The van der Waals surface area contributed by atoms with Crippen LogP contribution >= 0.6 is 11.3 Å². The molecule has 1 fully saturated rings. The van der Waals surface area contributed by atoms with Crippen LogP contribution in [0.25, 0.3) is 11.3 Å². The van der Waals surface area contributed by atoms with E-state index < -0.39 is 0 Å². The highest BCUT2D eigenvalue weighted by Gasteiger charge is 2.26. The van der Waals surface area contributed by atoms with Gasteiger partial charge in [-0.25, -0.2) is 4.98 Å². The monoisotopic (exact) mass is 329 g/mol. The third-order valence-corrected chi connectivity index (χ3v) is 5.48. The lowest BCUT2D eigenvalue weighted by Crippen LogP contribution is -2.41. The van der Waals surface area contributed by atoms with E-state index in [1.807, 2.05) is 18.2 Å². The highest BCUT2D eigenvalue weighted by molar-refractivity contribution is 7.16. The summed E-state index contributed by atoms with van der Waals surface area (Å²) in [5.41, 5.74) is 7.76. The van der Waals surface area contributed by atoms with Crippen LogP contribution in [0.1, 0.15) is 31.1 Å². The van der Waals surface area contributed by atoms with Crippen molar-refractivity contribution in [3.05, 3.63) is 35.2 Å². The number of nitrogens with zero attached hydrogens (tertiary/aromatic N) is 2. The largest absolute Gasteiger partial charge is 0.369 e. The summed E-state index contributed by atoms with van der Waals surface area (Å²) in [7, 11) is 0. The Balaban J connectivity index is 1.90. The van der Waals surface area contributed by atoms with E-state index in [1.165, 1.54) is 10.4 Å². The van der Waals surface area contributed by atoms with Crippen LogP contribution in [0, 0.1) is 5.92 Å². The Hall–Kier alpha value is -1.88. The van der Waals surface area contributed by atoms with E-state index in [0.717, 1.165) is 43.1 Å². The first-order valence-corrected chi connectivity index (χ1v) is 9.10. The van der Waals surface area contributed by atoms with E-state index in [9.17, 15) is 4.79 Å². The van der Waals surface area contributed by atoms with Crippen molar-refractivity contribution < 1.29 is 4.79 Å². The molecule has 0 spiro atoms. The highest BCUT2D eigenvalue weighted by atomic mass is 32.1. The molecule has 1 aromatic heterocycles. The molecule has 2 heterocycles. The molecule has 3 rings (SSSR count). The molecule has 5 heteroatoms. The zero-order valence-corrected chi connectivity index (χ0v) is 14.3. The van der Waals surface area contributed by atoms with E-state index in [2.05, 4.69) is 24.0 Å². The summed E-state index contributed by atoms with van der Waals surface area (Å²) in [6.07, 6.45) is 4.03. The Bertz CT molecular complexity index is 668. The van der Waals surface area contributed by atoms with Crippen LogP contribution in [-0.4, -0.2) is 24.0 Å². The standard InChI is InChI=1S/C18H23N3OS/c1-2-7-15-16(13-8-4-3-5-9-13)20-18(23-15)21-11-6-10-14(12-21)17(19)22/h3-5,8-9,14H,2,6-7,10-12H2,1H3,(H2,19,22)/t14-/m0/s1. The molecule has 1 aliphatic heterocycles. The SMILES string of the molecule is CCCc1sc(N2CCC[C@H](C(N)=O)C2)nc1-c1ccccc1. The van der Waals surface area contributed by atoms with Crippen LogP contribution in [0.4, 0.5) is 5.13 Å². The summed E-state index contributed by atoms with van der Waals surface area (Å²) < 4.78 is 0. The number of thiazole rings is 1. The number of carbonyl (C=O) groups is 1. The van der Waals surface area contributed by atoms with Gasteiger partial charge in [0, 0.05) is 23.5 Å². The van der Waals surface area contributed by atoms with Gasteiger partial charge < -0.3 is 10.6 Å². The number of piperidine rings is 1. The van der Waals surface area contributed by atoms with Gasteiger partial charge in [0.05, 0.1) is 11.6 Å². The molecule has 0 saturated carbocycles. The zero-order chi connectivity index (χ0) is 16.2. The summed E-state index contributed by atoms with van der Waals surface area (Å²) in [5, 5.41) is 1.03. The quantitative estimate of drug-likeness (QED) is 0.914. The number of aromatic nitrogens is 1. The third-order valence-electron chi connectivity index (χ3n) is 4.30. The lowest BCUT2D eigenvalue weighted by atomic mass is 9.98. The van der Waals surface area contributed by atoms with Crippen molar-refractivity contribution in [1.29, 1.82) is 0 Å². The van der Waals surface area contributed by atoms with Crippen molar-refractivity contribution in [2.75, 3.05) is 18.0 Å². The molecule has 1 atom stereocenters. The van der Waals surface area contributed by atoms with Gasteiger partial charge in [0.15, 0.2) is 5.13 Å². The Morgan fingerprint density at radius 2 is 2.17 bits per heavy atom. The molecule has 0 radical (unpaired) electrons. The molecule has 2 N–H and O–H groups in total. The van der Waals surface area contributed by atoms with Gasteiger partial charge in [0.25, 0.3) is 0 Å². The molecule has 0 unspecified atom stereocenters. The lowest BCUT2D eigenvalue weighted by Gasteiger charge is -2.30. The fourth-order valence-electron chi connectivity index (χ4n) is 3.08. The van der Waals surface area contributed by atoms with Gasteiger partial charge >= 0.3 is 0 Å². The minimum Gasteiger partial charge on any atom is -0.369 e. The Kier molecular flexibility index (Phi) is 4.96. The second kappa shape index (κ2) is 7.13. The summed E-state index contributed by atoms with van der Waals surface area (Å²) in [6.45, 7) is 3.85. The molecule has 0 aliphatic carbocycles. The lowest BCUT2D eigenvalue weighted by molar-refractivity contribution is -0.122. The fourth-order valence-corrected chi connectivity index (χ4v) is 4.29. The molecule has 122 valence electrons. The summed E-state index contributed by atoms with van der Waals surface area (Å²) in [6, 6.07) is 10.3. The molecule has 2 aromatic rings. The zero-order valence-electron chi connectivity index (χ0n) is 13.5. The number of benzene rings is 1. The number of amides is 1. The Morgan fingerprint density at radius 1 is 1.39 bits per heavy atom. The van der Waals surface area contributed by atoms with Gasteiger partial charge in [-0.15, -0.1) is 11.3 Å². The maximum atomic E-state index is 11.5. The van der Waals surface area contributed by atoms with E-state index in [1.54, 1.807) is 11.3 Å². The van der Waals surface area contributed by atoms with Crippen LogP contribution in [0.3, 0.4) is 0 Å². The fraction of sp³-hybridized carbons (Fsp3) is 0.444. The number of carbonyl (C=O) groups excluding carboxylic acids is 1. The molecule has 1 saturated heterocycles. The van der Waals surface area contributed by atoms with E-state index >= 15 is 0 Å². The molecule has 23 heavy (non-hydrogen) atoms. The van der Waals surface area contributed by atoms with Crippen molar-refractivity contribution in [3.8, 4) is 11.3 Å². The van der Waals surface area contributed by atoms with Gasteiger partial charge in [-0.3, -0.25) is 4.79 Å². The second-order valence-electron chi connectivity index (χ2n) is 6.07. The van der Waals surface area contributed by atoms with Gasteiger partial charge in [0.1, 0.15) is 0 Å². The predicted octanol–water partition coefficient (Wildman–Crippen LogP) is 3.46. The molecule has 4 nitrogen and oxygen atoms in total. The minimum atomic E-state index is -0.191. The summed E-state index contributed by atoms with van der Waals surface area (Å²) in [4.78, 5) is 20.0. The van der Waals surface area contributed by atoms with E-state index in [-0.39, 0.29) is 11.8 Å². The molecule has 1 amide bonds. The highest BCUT2D eigenvalue weighted by Crippen LogP contribution is 2.35. The molecule has 0 bridgehead atoms. The molecule has 1 aliphatic rings. The Morgan fingerprint density at radius 3 is 2.87 bits per heavy atom. The number of rotatable bonds is 5. The van der Waals surface area contributed by atoms with Crippen LogP contribution in [0.2, 0.25) is 0 Å². The first-order chi connectivity index (χ1) is 11.2. The molecule has 1 aromatic carbocycles. The summed E-state index contributed by atoms with van der Waals surface area (Å²) in [5.74, 6) is -0.245. The minimum absolute atomic E-state index is 0.0533. The average molecular weight is 329 g/mol. The van der Waals surface area contributed by atoms with Gasteiger partial charge in [-0.2, -0.15) is 0 Å². The van der Waals surface area contributed by atoms with E-state index in [0.29, 0.717) is 6.54 Å². The topological polar surface area (TPSA) is 59.2 Å². The second-order valence-corrected chi connectivity index (χ2v) is 7.13. The van der Waals surface area contributed by atoms with Gasteiger partial charge in [-0.1, -0.05) is 43.7 Å². The van der Waals surface area contributed by atoms with Crippen molar-refractivity contribution in [3.63, 3.8) is 0 Å². The first kappa shape index (κ1) is 16.0. The third kappa shape index (κ3) is 3.55. The summed E-state index contributed by atoms with van der Waals surface area (Å²) >= 11 is 1.76. The normalized spacial score (nSPS) is 18.1. The number of anilines is 1. The van der Waals surface area contributed by atoms with Crippen LogP contribution < -0.4 is 10.6 Å². The van der Waals surface area contributed by atoms with Gasteiger partial charge in [-0.05, 0) is 19.3 Å². The average Bonchev–Trinajstić information content (AvgIpc) is 3.00. The Labute approximate surface area is 141 Å². The number of hydrogen-bond acceptors (Lipinski definition) is 4. The van der Waals surface area contributed by atoms with Crippen LogP contribution in [-0.2, 0) is 11.2 Å². The predicted molar refractivity (Wildman–Crippen MR) is 95.7 cm³/mol. The number of hydrogen-bond donors (Lipinski definition) is 1. The first-order valence-electron chi connectivity index (χ1n) is 8.28. The van der Waals surface area contributed by atoms with Crippen LogP contribution in [0.15, 0.2) is 30.3 Å². The van der Waals surface area contributed by atoms with E-state index in [4.69, 9.17) is 10.7 Å². The smallest absolute Gasteiger partial charge is 0.222 e. The van der Waals surface area contributed by atoms with Crippen molar-refractivity contribution >= 4 is 22.4 Å². The van der Waals surface area contributed by atoms with Crippen LogP contribution in [0.5, 0.6) is 0 Å². The molecular weight excluding hydrogens is 306 g/mol. The van der Waals surface area contributed by atoms with Gasteiger partial charge in [0.2, 0.25) is 5.91 Å². The number of aryl methyl sites for hydroxylation is 1. The maximum Gasteiger partial charge on any atom is 0.222 e. The van der Waals surface area contributed by atoms with Crippen molar-refractivity contribution in [1.82, 2.24) is 4.98 Å². The molecular formula is C18H23N3OS. The number of nitrogens with two attached hydrogens (primary N) is 1. The van der Waals surface area contributed by atoms with Crippen molar-refractivity contribution in [2.45, 2.75) is 32.6 Å². The maximum absolute atomic E-state index is 11.5. The number of primary amides is 1.